The fourth-order valence-electron chi connectivity index (χ4n) is 2.62. The van der Waals surface area contributed by atoms with Crippen LogP contribution in [0.4, 0.5) is 0 Å². The Bertz CT molecular complexity index is 543. The first kappa shape index (κ1) is 14.4. The molecular weight excluding hydrogens is 262 g/mol. The fraction of sp³-hybridized carbons (Fsp3) is 0.692. The first-order valence-corrected chi connectivity index (χ1v) is 8.52. The number of nitrogens with zero attached hydrogens (tertiary/aromatic N) is 3. The summed E-state index contributed by atoms with van der Waals surface area (Å²) < 4.78 is 23.6. The summed E-state index contributed by atoms with van der Waals surface area (Å²) in [6.45, 7) is 6.28. The van der Waals surface area contributed by atoms with Gasteiger partial charge in [-0.1, -0.05) is 0 Å². The van der Waals surface area contributed by atoms with Crippen LogP contribution in [0.2, 0.25) is 0 Å². The molecule has 2 heterocycles. The Morgan fingerprint density at radius 3 is 2.79 bits per heavy atom. The first-order chi connectivity index (χ1) is 8.89. The third-order valence-electron chi connectivity index (χ3n) is 3.68. The third kappa shape index (κ3) is 3.30. The molecule has 1 aliphatic rings. The van der Waals surface area contributed by atoms with Gasteiger partial charge in [0.1, 0.15) is 11.2 Å². The van der Waals surface area contributed by atoms with Crippen LogP contribution in [0.1, 0.15) is 38.3 Å². The monoisotopic (exact) mass is 283 g/mol. The summed E-state index contributed by atoms with van der Waals surface area (Å²) in [5.74, 6) is 0.184. The SMILES string of the molecule is CC(C)N1CCC[C@H](c2ncncc2S(C)(=O)=O)C1. The second-order valence-electron chi connectivity index (χ2n) is 5.47. The van der Waals surface area contributed by atoms with Gasteiger partial charge in [0.15, 0.2) is 9.84 Å². The van der Waals surface area contributed by atoms with Crippen molar-refractivity contribution in [1.29, 1.82) is 0 Å². The van der Waals surface area contributed by atoms with Crippen LogP contribution in [0, 0.1) is 0 Å². The summed E-state index contributed by atoms with van der Waals surface area (Å²) in [6, 6.07) is 0.478. The Labute approximate surface area is 115 Å². The first-order valence-electron chi connectivity index (χ1n) is 6.63. The van der Waals surface area contributed by atoms with Crippen LogP contribution in [0.5, 0.6) is 0 Å². The van der Waals surface area contributed by atoms with Crippen molar-refractivity contribution in [2.24, 2.45) is 0 Å². The van der Waals surface area contributed by atoms with E-state index in [2.05, 4.69) is 28.7 Å². The van der Waals surface area contributed by atoms with E-state index in [9.17, 15) is 8.42 Å². The Hall–Kier alpha value is -1.01. The van der Waals surface area contributed by atoms with E-state index in [0.29, 0.717) is 11.7 Å². The molecule has 106 valence electrons. The number of sulfone groups is 1. The number of piperidine rings is 1. The predicted molar refractivity (Wildman–Crippen MR) is 73.8 cm³/mol. The second kappa shape index (κ2) is 5.54. The molecule has 1 aromatic rings. The lowest BCUT2D eigenvalue weighted by atomic mass is 9.94. The number of rotatable bonds is 3. The number of likely N-dealkylation sites (tertiary alicyclic amines) is 1. The Balaban J connectivity index is 2.32. The summed E-state index contributed by atoms with van der Waals surface area (Å²) in [4.78, 5) is 10.8. The van der Waals surface area contributed by atoms with E-state index in [1.165, 1.54) is 18.8 Å². The Morgan fingerprint density at radius 2 is 2.16 bits per heavy atom. The minimum absolute atomic E-state index is 0.184. The highest BCUT2D eigenvalue weighted by molar-refractivity contribution is 7.90. The van der Waals surface area contributed by atoms with Crippen molar-refractivity contribution in [2.75, 3.05) is 19.3 Å². The highest BCUT2D eigenvalue weighted by Gasteiger charge is 2.28. The van der Waals surface area contributed by atoms with E-state index in [1.54, 1.807) is 0 Å². The van der Waals surface area contributed by atoms with Gasteiger partial charge in [0, 0.05) is 31.0 Å². The molecule has 5 nitrogen and oxygen atoms in total. The summed E-state index contributed by atoms with van der Waals surface area (Å²) in [6.07, 6.45) is 6.15. The van der Waals surface area contributed by atoms with Gasteiger partial charge in [-0.25, -0.2) is 18.4 Å². The maximum absolute atomic E-state index is 11.8. The molecule has 19 heavy (non-hydrogen) atoms. The maximum Gasteiger partial charge on any atom is 0.178 e. The van der Waals surface area contributed by atoms with Crippen LogP contribution in [0.15, 0.2) is 17.4 Å². The van der Waals surface area contributed by atoms with Crippen molar-refractivity contribution in [1.82, 2.24) is 14.9 Å². The summed E-state index contributed by atoms with van der Waals surface area (Å²) >= 11 is 0. The molecule has 1 atom stereocenters. The van der Waals surface area contributed by atoms with E-state index in [0.717, 1.165) is 25.9 Å². The highest BCUT2D eigenvalue weighted by atomic mass is 32.2. The molecular formula is C13H21N3O2S. The Morgan fingerprint density at radius 1 is 1.42 bits per heavy atom. The fourth-order valence-corrected chi connectivity index (χ4v) is 3.47. The zero-order valence-corrected chi connectivity index (χ0v) is 12.5. The van der Waals surface area contributed by atoms with Crippen LogP contribution < -0.4 is 0 Å². The molecule has 1 aromatic heterocycles. The number of hydrogen-bond donors (Lipinski definition) is 0. The van der Waals surface area contributed by atoms with Gasteiger partial charge in [-0.05, 0) is 33.2 Å². The molecule has 0 saturated carbocycles. The van der Waals surface area contributed by atoms with Crippen molar-refractivity contribution < 1.29 is 8.42 Å². The van der Waals surface area contributed by atoms with Crippen molar-refractivity contribution in [3.8, 4) is 0 Å². The van der Waals surface area contributed by atoms with Crippen molar-refractivity contribution in [2.45, 2.75) is 43.5 Å². The van der Waals surface area contributed by atoms with Crippen LogP contribution in [0.25, 0.3) is 0 Å². The molecule has 0 aromatic carbocycles. The van der Waals surface area contributed by atoms with Gasteiger partial charge in [-0.15, -0.1) is 0 Å². The van der Waals surface area contributed by atoms with Gasteiger partial charge in [0.05, 0.1) is 5.69 Å². The van der Waals surface area contributed by atoms with E-state index in [1.807, 2.05) is 0 Å². The van der Waals surface area contributed by atoms with Crippen molar-refractivity contribution >= 4 is 9.84 Å². The van der Waals surface area contributed by atoms with Crippen LogP contribution in [-0.4, -0.2) is 48.7 Å². The van der Waals surface area contributed by atoms with Gasteiger partial charge in [-0.3, -0.25) is 0 Å². The summed E-state index contributed by atoms with van der Waals surface area (Å²) in [5, 5.41) is 0. The standard InChI is InChI=1S/C13H21N3O2S/c1-10(2)16-6-4-5-11(8-16)13-12(19(3,17)18)7-14-9-15-13/h7,9-11H,4-6,8H2,1-3H3/t11-/m0/s1. The van der Waals surface area contributed by atoms with Crippen LogP contribution in [-0.2, 0) is 9.84 Å². The molecule has 0 bridgehead atoms. The predicted octanol–water partition coefficient (Wildman–Crippen LogP) is 1.47. The lowest BCUT2D eigenvalue weighted by molar-refractivity contribution is 0.165. The van der Waals surface area contributed by atoms with Crippen molar-refractivity contribution in [3.05, 3.63) is 18.2 Å². The number of hydrogen-bond acceptors (Lipinski definition) is 5. The van der Waals surface area contributed by atoms with Gasteiger partial charge < -0.3 is 4.90 Å². The van der Waals surface area contributed by atoms with Crippen LogP contribution in [0.3, 0.4) is 0 Å². The quantitative estimate of drug-likeness (QED) is 0.840. The largest absolute Gasteiger partial charge is 0.300 e. The zero-order valence-electron chi connectivity index (χ0n) is 11.7. The van der Waals surface area contributed by atoms with Crippen LogP contribution >= 0.6 is 0 Å². The van der Waals surface area contributed by atoms with E-state index in [-0.39, 0.29) is 10.8 Å². The minimum Gasteiger partial charge on any atom is -0.300 e. The Kier molecular flexibility index (Phi) is 4.20. The average Bonchev–Trinajstić information content (AvgIpc) is 2.38. The van der Waals surface area contributed by atoms with Gasteiger partial charge >= 0.3 is 0 Å². The van der Waals surface area contributed by atoms with E-state index in [4.69, 9.17) is 0 Å². The summed E-state index contributed by atoms with van der Waals surface area (Å²) in [5.41, 5.74) is 0.683. The van der Waals surface area contributed by atoms with Crippen molar-refractivity contribution in [3.63, 3.8) is 0 Å². The molecule has 1 aliphatic heterocycles. The lowest BCUT2D eigenvalue weighted by Crippen LogP contribution is -2.39. The normalized spacial score (nSPS) is 21.8. The average molecular weight is 283 g/mol. The molecule has 0 N–H and O–H groups in total. The van der Waals surface area contributed by atoms with Gasteiger partial charge in [0.25, 0.3) is 0 Å². The third-order valence-corrected chi connectivity index (χ3v) is 4.79. The molecule has 0 radical (unpaired) electrons. The smallest absolute Gasteiger partial charge is 0.178 e. The zero-order chi connectivity index (χ0) is 14.0. The molecule has 2 rings (SSSR count). The van der Waals surface area contributed by atoms with Gasteiger partial charge in [-0.2, -0.15) is 0 Å². The second-order valence-corrected chi connectivity index (χ2v) is 7.46. The van der Waals surface area contributed by atoms with Gasteiger partial charge in [0.2, 0.25) is 0 Å². The number of aromatic nitrogens is 2. The minimum atomic E-state index is -3.26. The molecule has 6 heteroatoms. The molecule has 0 unspecified atom stereocenters. The molecule has 0 amide bonds. The topological polar surface area (TPSA) is 63.2 Å². The highest BCUT2D eigenvalue weighted by Crippen LogP contribution is 2.30. The molecule has 0 aliphatic carbocycles. The lowest BCUT2D eigenvalue weighted by Gasteiger charge is -2.35. The summed E-state index contributed by atoms with van der Waals surface area (Å²) in [7, 11) is -3.26. The van der Waals surface area contributed by atoms with E-state index < -0.39 is 9.84 Å². The maximum atomic E-state index is 11.8. The van der Waals surface area contributed by atoms with E-state index >= 15 is 0 Å². The molecule has 0 spiro atoms. The molecule has 1 fully saturated rings. The molecule has 1 saturated heterocycles.